The van der Waals surface area contributed by atoms with E-state index >= 15 is 0 Å². The summed E-state index contributed by atoms with van der Waals surface area (Å²) in [6.07, 6.45) is 1.58. The summed E-state index contributed by atoms with van der Waals surface area (Å²) < 4.78 is 10.7. The number of nitrogens with two attached hydrogens (primary N) is 1. The predicted molar refractivity (Wildman–Crippen MR) is 75.1 cm³/mol. The Balaban J connectivity index is 1.86. The van der Waals surface area contributed by atoms with Crippen LogP contribution in [0.1, 0.15) is 24.3 Å². The molecule has 0 aliphatic rings. The number of hydrogen-bond acceptors (Lipinski definition) is 4. The summed E-state index contributed by atoms with van der Waals surface area (Å²) in [6.45, 7) is 2.17. The van der Waals surface area contributed by atoms with Gasteiger partial charge in [-0.2, -0.15) is 0 Å². The van der Waals surface area contributed by atoms with Crippen LogP contribution in [-0.4, -0.2) is 12.5 Å². The van der Waals surface area contributed by atoms with Crippen molar-refractivity contribution < 1.29 is 13.9 Å². The van der Waals surface area contributed by atoms with Gasteiger partial charge in [-0.1, -0.05) is 18.2 Å². The van der Waals surface area contributed by atoms with Gasteiger partial charge >= 0.3 is 0 Å². The molecule has 2 aromatic rings. The molecule has 1 aromatic heterocycles. The minimum Gasteiger partial charge on any atom is -0.483 e. The molecule has 1 atom stereocenters. The number of furan rings is 1. The van der Waals surface area contributed by atoms with Crippen LogP contribution in [0.5, 0.6) is 5.75 Å². The van der Waals surface area contributed by atoms with Crippen molar-refractivity contribution in [1.82, 2.24) is 5.32 Å². The van der Waals surface area contributed by atoms with E-state index in [1.54, 1.807) is 18.4 Å². The zero-order valence-electron chi connectivity index (χ0n) is 11.3. The summed E-state index contributed by atoms with van der Waals surface area (Å²) in [4.78, 5) is 11.8. The standard InChI is InChI=1S/C15H18N2O3/c1-11(13-7-4-8-19-13)17-15(18)10-20-14-6-3-2-5-12(14)9-16/h2-8,11H,9-10,16H2,1H3,(H,17,18). The quantitative estimate of drug-likeness (QED) is 0.844. The number of para-hydroxylation sites is 1. The van der Waals surface area contributed by atoms with Crippen molar-refractivity contribution in [3.63, 3.8) is 0 Å². The molecule has 0 fully saturated rings. The second kappa shape index (κ2) is 6.77. The first-order valence-electron chi connectivity index (χ1n) is 6.44. The van der Waals surface area contributed by atoms with Gasteiger partial charge in [0.2, 0.25) is 0 Å². The summed E-state index contributed by atoms with van der Waals surface area (Å²) in [5.41, 5.74) is 6.48. The van der Waals surface area contributed by atoms with Gasteiger partial charge in [-0.25, -0.2) is 0 Å². The average Bonchev–Trinajstić information content (AvgIpc) is 2.99. The lowest BCUT2D eigenvalue weighted by Crippen LogP contribution is -2.31. The zero-order valence-corrected chi connectivity index (χ0v) is 11.3. The van der Waals surface area contributed by atoms with Crippen LogP contribution in [0.2, 0.25) is 0 Å². The van der Waals surface area contributed by atoms with Crippen LogP contribution in [0, 0.1) is 0 Å². The van der Waals surface area contributed by atoms with Crippen molar-refractivity contribution in [2.75, 3.05) is 6.61 Å². The van der Waals surface area contributed by atoms with Gasteiger partial charge in [-0.3, -0.25) is 4.79 Å². The first kappa shape index (κ1) is 14.1. The van der Waals surface area contributed by atoms with Gasteiger partial charge in [0.1, 0.15) is 11.5 Å². The van der Waals surface area contributed by atoms with Gasteiger partial charge < -0.3 is 20.2 Å². The molecule has 0 aliphatic heterocycles. The highest BCUT2D eigenvalue weighted by atomic mass is 16.5. The maximum Gasteiger partial charge on any atom is 0.258 e. The number of benzene rings is 1. The predicted octanol–water partition coefficient (Wildman–Crippen LogP) is 1.99. The molecule has 1 unspecified atom stereocenters. The van der Waals surface area contributed by atoms with Crippen LogP contribution in [0.25, 0.3) is 0 Å². The molecule has 0 spiro atoms. The number of carbonyl (C=O) groups excluding carboxylic acids is 1. The molecular weight excluding hydrogens is 256 g/mol. The molecule has 20 heavy (non-hydrogen) atoms. The highest BCUT2D eigenvalue weighted by molar-refractivity contribution is 5.77. The van der Waals surface area contributed by atoms with Crippen molar-refractivity contribution >= 4 is 5.91 Å². The third-order valence-electron chi connectivity index (χ3n) is 2.90. The second-order valence-electron chi connectivity index (χ2n) is 4.41. The van der Waals surface area contributed by atoms with E-state index in [0.29, 0.717) is 18.1 Å². The van der Waals surface area contributed by atoms with E-state index in [9.17, 15) is 4.79 Å². The van der Waals surface area contributed by atoms with E-state index in [0.717, 1.165) is 5.56 Å². The Bertz CT molecular complexity index is 552. The van der Waals surface area contributed by atoms with Gasteiger partial charge in [0, 0.05) is 12.1 Å². The Hall–Kier alpha value is -2.27. The van der Waals surface area contributed by atoms with Crippen LogP contribution >= 0.6 is 0 Å². The topological polar surface area (TPSA) is 77.5 Å². The lowest BCUT2D eigenvalue weighted by molar-refractivity contribution is -0.123. The monoisotopic (exact) mass is 274 g/mol. The number of carbonyl (C=O) groups is 1. The largest absolute Gasteiger partial charge is 0.483 e. The number of hydrogen-bond donors (Lipinski definition) is 2. The lowest BCUT2D eigenvalue weighted by atomic mass is 10.2. The molecule has 1 amide bonds. The molecular formula is C15H18N2O3. The van der Waals surface area contributed by atoms with Crippen molar-refractivity contribution in [2.24, 2.45) is 5.73 Å². The zero-order chi connectivity index (χ0) is 14.4. The molecule has 0 aliphatic carbocycles. The first-order valence-corrected chi connectivity index (χ1v) is 6.44. The van der Waals surface area contributed by atoms with Gasteiger partial charge in [-0.05, 0) is 25.1 Å². The van der Waals surface area contributed by atoms with Crippen molar-refractivity contribution in [3.8, 4) is 5.75 Å². The van der Waals surface area contributed by atoms with Crippen molar-refractivity contribution in [1.29, 1.82) is 0 Å². The van der Waals surface area contributed by atoms with Crippen LogP contribution in [-0.2, 0) is 11.3 Å². The van der Waals surface area contributed by atoms with Gasteiger partial charge in [-0.15, -0.1) is 0 Å². The Kier molecular flexibility index (Phi) is 4.79. The first-order chi connectivity index (χ1) is 9.70. The van der Waals surface area contributed by atoms with E-state index in [1.807, 2.05) is 31.2 Å². The van der Waals surface area contributed by atoms with Crippen molar-refractivity contribution in [2.45, 2.75) is 19.5 Å². The fourth-order valence-corrected chi connectivity index (χ4v) is 1.85. The number of ether oxygens (including phenoxy) is 1. The fraction of sp³-hybridized carbons (Fsp3) is 0.267. The van der Waals surface area contributed by atoms with Gasteiger partial charge in [0.25, 0.3) is 5.91 Å². The normalized spacial score (nSPS) is 11.9. The minimum absolute atomic E-state index is 0.0535. The van der Waals surface area contributed by atoms with Crippen LogP contribution in [0.15, 0.2) is 47.1 Å². The van der Waals surface area contributed by atoms with E-state index < -0.39 is 0 Å². The Morgan fingerprint density at radius 3 is 2.85 bits per heavy atom. The Morgan fingerprint density at radius 1 is 1.35 bits per heavy atom. The van der Waals surface area contributed by atoms with Gasteiger partial charge in [0.05, 0.1) is 12.3 Å². The maximum atomic E-state index is 11.8. The molecule has 1 aromatic carbocycles. The molecule has 0 saturated carbocycles. The smallest absolute Gasteiger partial charge is 0.258 e. The van der Waals surface area contributed by atoms with E-state index in [4.69, 9.17) is 14.9 Å². The summed E-state index contributed by atoms with van der Waals surface area (Å²) in [7, 11) is 0. The maximum absolute atomic E-state index is 11.8. The third kappa shape index (κ3) is 3.61. The van der Waals surface area contributed by atoms with Gasteiger partial charge in [0.15, 0.2) is 6.61 Å². The Labute approximate surface area is 117 Å². The summed E-state index contributed by atoms with van der Waals surface area (Å²) >= 11 is 0. The lowest BCUT2D eigenvalue weighted by Gasteiger charge is -2.13. The van der Waals surface area contributed by atoms with Crippen LogP contribution in [0.3, 0.4) is 0 Å². The summed E-state index contributed by atoms with van der Waals surface area (Å²) in [6, 6.07) is 10.8. The SMILES string of the molecule is CC(NC(=O)COc1ccccc1CN)c1ccco1. The highest BCUT2D eigenvalue weighted by Gasteiger charge is 2.12. The summed E-state index contributed by atoms with van der Waals surface area (Å²) in [5.74, 6) is 1.14. The molecule has 5 heteroatoms. The third-order valence-corrected chi connectivity index (χ3v) is 2.90. The molecule has 0 radical (unpaired) electrons. The number of amides is 1. The van der Waals surface area contributed by atoms with E-state index in [-0.39, 0.29) is 18.6 Å². The average molecular weight is 274 g/mol. The molecule has 1 heterocycles. The molecule has 106 valence electrons. The molecule has 0 bridgehead atoms. The second-order valence-corrected chi connectivity index (χ2v) is 4.41. The van der Waals surface area contributed by atoms with E-state index in [2.05, 4.69) is 5.32 Å². The minimum atomic E-state index is -0.208. The summed E-state index contributed by atoms with van der Waals surface area (Å²) in [5, 5.41) is 2.80. The molecule has 0 saturated heterocycles. The van der Waals surface area contributed by atoms with Crippen LogP contribution in [0.4, 0.5) is 0 Å². The van der Waals surface area contributed by atoms with E-state index in [1.165, 1.54) is 0 Å². The Morgan fingerprint density at radius 2 is 2.15 bits per heavy atom. The fourth-order valence-electron chi connectivity index (χ4n) is 1.85. The molecule has 3 N–H and O–H groups in total. The number of nitrogens with one attached hydrogen (secondary N) is 1. The molecule has 2 rings (SSSR count). The molecule has 5 nitrogen and oxygen atoms in total. The highest BCUT2D eigenvalue weighted by Crippen LogP contribution is 2.17. The van der Waals surface area contributed by atoms with Crippen LogP contribution < -0.4 is 15.8 Å². The number of rotatable bonds is 6. The van der Waals surface area contributed by atoms with Crippen molar-refractivity contribution in [3.05, 3.63) is 54.0 Å².